The molecule has 1 aromatic rings. The number of aliphatic hydroxyl groups excluding tert-OH is 1. The van der Waals surface area contributed by atoms with E-state index in [1.54, 1.807) is 4.68 Å². The maximum Gasteiger partial charge on any atom is 0.241 e. The van der Waals surface area contributed by atoms with Crippen LogP contribution in [0, 0.1) is 19.8 Å². The van der Waals surface area contributed by atoms with E-state index in [2.05, 4.69) is 22.2 Å². The molecule has 23 heavy (non-hydrogen) atoms. The lowest BCUT2D eigenvalue weighted by atomic mass is 9.99. The van der Waals surface area contributed by atoms with Crippen LogP contribution in [0.15, 0.2) is 0 Å². The molecule has 0 aliphatic carbocycles. The standard InChI is InChI=1S/C16H27ClN4O2/c1-11-4-6-20(7-5-11)9-14(22)8-18-15(23)10-21-13(3)16(17)12(2)19-21/h11,14,22H,4-10H2,1-3H3,(H,18,23). The number of aliphatic hydroxyl groups is 1. The molecule has 1 amide bonds. The van der Waals surface area contributed by atoms with E-state index in [4.69, 9.17) is 11.6 Å². The van der Waals surface area contributed by atoms with Gasteiger partial charge < -0.3 is 15.3 Å². The van der Waals surface area contributed by atoms with Gasteiger partial charge in [0.15, 0.2) is 0 Å². The van der Waals surface area contributed by atoms with Crippen LogP contribution < -0.4 is 5.32 Å². The second kappa shape index (κ2) is 8.13. The van der Waals surface area contributed by atoms with Crippen molar-refractivity contribution in [3.05, 3.63) is 16.4 Å². The van der Waals surface area contributed by atoms with Gasteiger partial charge in [0, 0.05) is 13.1 Å². The van der Waals surface area contributed by atoms with E-state index in [-0.39, 0.29) is 19.0 Å². The highest BCUT2D eigenvalue weighted by Gasteiger charge is 2.19. The molecule has 2 heterocycles. The van der Waals surface area contributed by atoms with Crippen molar-refractivity contribution in [2.45, 2.75) is 46.3 Å². The Labute approximate surface area is 142 Å². The highest BCUT2D eigenvalue weighted by molar-refractivity contribution is 6.31. The normalized spacial score (nSPS) is 18.1. The van der Waals surface area contributed by atoms with E-state index in [9.17, 15) is 9.90 Å². The number of β-amino-alcohol motifs (C(OH)–C–C–N with tert-alkyl or cyclic N) is 1. The Morgan fingerprint density at radius 1 is 1.43 bits per heavy atom. The molecule has 0 aromatic carbocycles. The zero-order valence-electron chi connectivity index (χ0n) is 14.2. The third-order valence-electron chi connectivity index (χ3n) is 4.47. The second-order valence-corrected chi connectivity index (χ2v) is 6.96. The van der Waals surface area contributed by atoms with Crippen LogP contribution in [0.3, 0.4) is 0 Å². The largest absolute Gasteiger partial charge is 0.390 e. The number of carbonyl (C=O) groups is 1. The average Bonchev–Trinajstić information content (AvgIpc) is 2.75. The minimum atomic E-state index is -0.545. The van der Waals surface area contributed by atoms with Gasteiger partial charge in [0.2, 0.25) is 5.91 Å². The lowest BCUT2D eigenvalue weighted by molar-refractivity contribution is -0.122. The third-order valence-corrected chi connectivity index (χ3v) is 5.01. The minimum Gasteiger partial charge on any atom is -0.390 e. The summed E-state index contributed by atoms with van der Waals surface area (Å²) in [6.07, 6.45) is 1.81. The first-order valence-electron chi connectivity index (χ1n) is 8.23. The summed E-state index contributed by atoms with van der Waals surface area (Å²) in [5, 5.41) is 17.7. The van der Waals surface area contributed by atoms with Crippen molar-refractivity contribution >= 4 is 17.5 Å². The predicted molar refractivity (Wildman–Crippen MR) is 90.6 cm³/mol. The van der Waals surface area contributed by atoms with Crippen LogP contribution in [0.4, 0.5) is 0 Å². The Hall–Kier alpha value is -1.11. The molecule has 7 heteroatoms. The summed E-state index contributed by atoms with van der Waals surface area (Å²) in [7, 11) is 0. The topological polar surface area (TPSA) is 70.4 Å². The van der Waals surface area contributed by atoms with Gasteiger partial charge in [0.05, 0.1) is 22.5 Å². The number of rotatable bonds is 6. The Morgan fingerprint density at radius 3 is 2.65 bits per heavy atom. The van der Waals surface area contributed by atoms with Crippen LogP contribution in [0.25, 0.3) is 0 Å². The number of aryl methyl sites for hydroxylation is 1. The summed E-state index contributed by atoms with van der Waals surface area (Å²) < 4.78 is 1.59. The number of nitrogens with zero attached hydrogens (tertiary/aromatic N) is 3. The molecule has 1 unspecified atom stereocenters. The van der Waals surface area contributed by atoms with Gasteiger partial charge >= 0.3 is 0 Å². The number of aromatic nitrogens is 2. The number of nitrogens with one attached hydrogen (secondary N) is 1. The zero-order chi connectivity index (χ0) is 17.0. The molecule has 6 nitrogen and oxygen atoms in total. The van der Waals surface area contributed by atoms with Crippen LogP contribution in [0.1, 0.15) is 31.2 Å². The van der Waals surface area contributed by atoms with Gasteiger partial charge in [-0.25, -0.2) is 0 Å². The maximum atomic E-state index is 12.0. The van der Waals surface area contributed by atoms with Crippen LogP contribution in [0.5, 0.6) is 0 Å². The maximum absolute atomic E-state index is 12.0. The molecule has 0 bridgehead atoms. The molecule has 1 atom stereocenters. The van der Waals surface area contributed by atoms with E-state index < -0.39 is 6.10 Å². The molecule has 2 rings (SSSR count). The molecule has 1 aliphatic rings. The summed E-state index contributed by atoms with van der Waals surface area (Å²) >= 11 is 6.07. The highest BCUT2D eigenvalue weighted by atomic mass is 35.5. The SMILES string of the molecule is Cc1nn(CC(=O)NCC(O)CN2CCC(C)CC2)c(C)c1Cl. The molecule has 1 saturated heterocycles. The Kier molecular flexibility index (Phi) is 6.44. The number of likely N-dealkylation sites (tertiary alicyclic amines) is 1. The average molecular weight is 343 g/mol. The molecule has 0 radical (unpaired) electrons. The van der Waals surface area contributed by atoms with Gasteiger partial charge in [-0.2, -0.15) is 5.10 Å². The molecule has 130 valence electrons. The van der Waals surface area contributed by atoms with Crippen molar-refractivity contribution in [2.75, 3.05) is 26.2 Å². The molecular weight excluding hydrogens is 316 g/mol. The van der Waals surface area contributed by atoms with Crippen molar-refractivity contribution in [2.24, 2.45) is 5.92 Å². The Morgan fingerprint density at radius 2 is 2.09 bits per heavy atom. The molecular formula is C16H27ClN4O2. The number of hydrogen-bond donors (Lipinski definition) is 2. The quantitative estimate of drug-likeness (QED) is 0.819. The monoisotopic (exact) mass is 342 g/mol. The van der Waals surface area contributed by atoms with Crippen LogP contribution >= 0.6 is 11.6 Å². The number of hydrogen-bond acceptors (Lipinski definition) is 4. The van der Waals surface area contributed by atoms with Crippen LogP contribution in [-0.4, -0.2) is 58.0 Å². The zero-order valence-corrected chi connectivity index (χ0v) is 14.9. The van der Waals surface area contributed by atoms with E-state index in [0.717, 1.165) is 30.4 Å². The van der Waals surface area contributed by atoms with Crippen molar-refractivity contribution in [3.63, 3.8) is 0 Å². The minimum absolute atomic E-state index is 0.118. The second-order valence-electron chi connectivity index (χ2n) is 6.58. The van der Waals surface area contributed by atoms with Crippen molar-refractivity contribution in [3.8, 4) is 0 Å². The van der Waals surface area contributed by atoms with E-state index in [0.29, 0.717) is 11.6 Å². The van der Waals surface area contributed by atoms with Crippen molar-refractivity contribution < 1.29 is 9.90 Å². The molecule has 2 N–H and O–H groups in total. The van der Waals surface area contributed by atoms with E-state index in [1.807, 2.05) is 13.8 Å². The van der Waals surface area contributed by atoms with Gasteiger partial charge in [-0.1, -0.05) is 18.5 Å². The summed E-state index contributed by atoms with van der Waals surface area (Å²) in [6, 6.07) is 0. The van der Waals surface area contributed by atoms with Crippen molar-refractivity contribution in [1.82, 2.24) is 20.0 Å². The van der Waals surface area contributed by atoms with Gasteiger partial charge in [-0.3, -0.25) is 9.48 Å². The molecule has 1 aliphatic heterocycles. The highest BCUT2D eigenvalue weighted by Crippen LogP contribution is 2.18. The summed E-state index contributed by atoms with van der Waals surface area (Å²) in [4.78, 5) is 14.2. The first kappa shape index (κ1) is 18.2. The molecule has 1 aromatic heterocycles. The van der Waals surface area contributed by atoms with Crippen LogP contribution in [0.2, 0.25) is 5.02 Å². The summed E-state index contributed by atoms with van der Waals surface area (Å²) in [6.45, 7) is 8.95. The Balaban J connectivity index is 1.72. The van der Waals surface area contributed by atoms with Crippen LogP contribution in [-0.2, 0) is 11.3 Å². The lowest BCUT2D eigenvalue weighted by Gasteiger charge is -2.31. The van der Waals surface area contributed by atoms with Gasteiger partial charge in [-0.05, 0) is 45.7 Å². The summed E-state index contributed by atoms with van der Waals surface area (Å²) in [5.41, 5.74) is 1.50. The third kappa shape index (κ3) is 5.19. The fraction of sp³-hybridized carbons (Fsp3) is 0.750. The van der Waals surface area contributed by atoms with Gasteiger partial charge in [-0.15, -0.1) is 0 Å². The van der Waals surface area contributed by atoms with Crippen molar-refractivity contribution in [1.29, 1.82) is 0 Å². The van der Waals surface area contributed by atoms with E-state index in [1.165, 1.54) is 12.8 Å². The van der Waals surface area contributed by atoms with E-state index >= 15 is 0 Å². The fourth-order valence-electron chi connectivity index (χ4n) is 2.86. The number of carbonyl (C=O) groups excluding carboxylic acids is 1. The number of amides is 1. The number of piperidine rings is 1. The first-order valence-corrected chi connectivity index (χ1v) is 8.61. The lowest BCUT2D eigenvalue weighted by Crippen LogP contribution is -2.43. The fourth-order valence-corrected chi connectivity index (χ4v) is 3.00. The molecule has 0 spiro atoms. The first-order chi connectivity index (χ1) is 10.9. The van der Waals surface area contributed by atoms with Gasteiger partial charge in [0.1, 0.15) is 6.54 Å². The summed E-state index contributed by atoms with van der Waals surface area (Å²) in [5.74, 6) is 0.606. The molecule has 1 fully saturated rings. The Bertz CT molecular complexity index is 538. The smallest absolute Gasteiger partial charge is 0.241 e. The number of halogens is 1. The predicted octanol–water partition coefficient (Wildman–Crippen LogP) is 1.36. The van der Waals surface area contributed by atoms with Gasteiger partial charge in [0.25, 0.3) is 0 Å². The molecule has 0 saturated carbocycles.